The molecule has 1 amide bonds. The molecule has 0 radical (unpaired) electrons. The van der Waals surface area contributed by atoms with E-state index in [0.717, 1.165) is 18.9 Å². The molecule has 1 aliphatic heterocycles. The molecular formula is C12H22N2O. The van der Waals surface area contributed by atoms with Gasteiger partial charge in [-0.2, -0.15) is 0 Å². The topological polar surface area (TPSA) is 32.3 Å². The van der Waals surface area contributed by atoms with Gasteiger partial charge >= 0.3 is 0 Å². The minimum atomic E-state index is 0.0879. The highest BCUT2D eigenvalue weighted by molar-refractivity contribution is 5.82. The Kier molecular flexibility index (Phi) is 3.29. The molecule has 86 valence electrons. The summed E-state index contributed by atoms with van der Waals surface area (Å²) in [5, 5.41) is 3.32. The highest BCUT2D eigenvalue weighted by atomic mass is 16.2. The molecular weight excluding hydrogens is 188 g/mol. The van der Waals surface area contributed by atoms with Gasteiger partial charge < -0.3 is 10.2 Å². The van der Waals surface area contributed by atoms with Crippen molar-refractivity contribution in [3.05, 3.63) is 0 Å². The van der Waals surface area contributed by atoms with Gasteiger partial charge in [0.25, 0.3) is 0 Å². The third kappa shape index (κ3) is 2.51. The lowest BCUT2D eigenvalue weighted by Crippen LogP contribution is -2.50. The van der Waals surface area contributed by atoms with Crippen LogP contribution in [0.25, 0.3) is 0 Å². The van der Waals surface area contributed by atoms with Gasteiger partial charge in [-0.1, -0.05) is 6.42 Å². The number of nitrogens with zero attached hydrogens (tertiary/aromatic N) is 1. The first kappa shape index (κ1) is 10.9. The number of carbonyl (C=O) groups is 1. The maximum atomic E-state index is 12.1. The summed E-state index contributed by atoms with van der Waals surface area (Å²) >= 11 is 0. The normalized spacial score (nSPS) is 28.5. The van der Waals surface area contributed by atoms with Crippen molar-refractivity contribution in [2.45, 2.75) is 51.1 Å². The number of piperidine rings is 1. The Labute approximate surface area is 92.2 Å². The number of amides is 1. The summed E-state index contributed by atoms with van der Waals surface area (Å²) in [5.41, 5.74) is 0. The van der Waals surface area contributed by atoms with Crippen LogP contribution in [0.1, 0.15) is 39.0 Å². The molecule has 15 heavy (non-hydrogen) atoms. The Morgan fingerprint density at radius 1 is 1.33 bits per heavy atom. The van der Waals surface area contributed by atoms with Gasteiger partial charge in [-0.15, -0.1) is 0 Å². The molecule has 0 aromatic heterocycles. The molecule has 0 bridgehead atoms. The number of likely N-dealkylation sites (N-methyl/N-ethyl adjacent to an activating group) is 1. The van der Waals surface area contributed by atoms with Crippen molar-refractivity contribution in [1.29, 1.82) is 0 Å². The summed E-state index contributed by atoms with van der Waals surface area (Å²) in [7, 11) is 1.96. The fraction of sp³-hybridized carbons (Fsp3) is 0.917. The van der Waals surface area contributed by atoms with E-state index >= 15 is 0 Å². The van der Waals surface area contributed by atoms with Gasteiger partial charge in [-0.25, -0.2) is 0 Å². The van der Waals surface area contributed by atoms with Crippen LogP contribution in [-0.4, -0.2) is 36.5 Å². The van der Waals surface area contributed by atoms with E-state index in [1.165, 1.54) is 25.7 Å². The van der Waals surface area contributed by atoms with E-state index in [1.807, 2.05) is 11.9 Å². The SMILES string of the molecule is CC(C1CC1)N(C)C(=O)[C@@H]1CCCCN1. The van der Waals surface area contributed by atoms with E-state index in [2.05, 4.69) is 12.2 Å². The van der Waals surface area contributed by atoms with Gasteiger partial charge in [0.2, 0.25) is 5.91 Å². The standard InChI is InChI=1S/C12H22N2O/c1-9(10-6-7-10)14(2)12(15)11-5-3-4-8-13-11/h9-11,13H,3-8H2,1-2H3/t9?,11-/m0/s1. The summed E-state index contributed by atoms with van der Waals surface area (Å²) in [6, 6.07) is 0.520. The van der Waals surface area contributed by atoms with Crippen LogP contribution in [0.5, 0.6) is 0 Å². The van der Waals surface area contributed by atoms with Crippen LogP contribution in [0.3, 0.4) is 0 Å². The molecule has 0 aromatic rings. The molecule has 1 saturated carbocycles. The van der Waals surface area contributed by atoms with Crippen molar-refractivity contribution < 1.29 is 4.79 Å². The number of hydrogen-bond acceptors (Lipinski definition) is 2. The number of rotatable bonds is 3. The van der Waals surface area contributed by atoms with Crippen LogP contribution in [0.15, 0.2) is 0 Å². The van der Waals surface area contributed by atoms with E-state index < -0.39 is 0 Å². The zero-order chi connectivity index (χ0) is 10.8. The van der Waals surface area contributed by atoms with Crippen LogP contribution in [0, 0.1) is 5.92 Å². The number of hydrogen-bond donors (Lipinski definition) is 1. The van der Waals surface area contributed by atoms with Crippen molar-refractivity contribution in [1.82, 2.24) is 10.2 Å². The second-order valence-electron chi connectivity index (χ2n) is 5.03. The second kappa shape index (κ2) is 4.52. The first-order chi connectivity index (χ1) is 7.20. The Morgan fingerprint density at radius 2 is 2.07 bits per heavy atom. The predicted octanol–water partition coefficient (Wildman–Crippen LogP) is 1.39. The van der Waals surface area contributed by atoms with E-state index in [-0.39, 0.29) is 6.04 Å². The van der Waals surface area contributed by atoms with Gasteiger partial charge in [-0.05, 0) is 45.1 Å². The van der Waals surface area contributed by atoms with Crippen molar-refractivity contribution in [3.8, 4) is 0 Å². The quantitative estimate of drug-likeness (QED) is 0.763. The van der Waals surface area contributed by atoms with Crippen molar-refractivity contribution >= 4 is 5.91 Å². The third-order valence-corrected chi connectivity index (χ3v) is 3.87. The van der Waals surface area contributed by atoms with Crippen LogP contribution in [-0.2, 0) is 4.79 Å². The van der Waals surface area contributed by atoms with Gasteiger partial charge in [0, 0.05) is 13.1 Å². The molecule has 0 aromatic carbocycles. The van der Waals surface area contributed by atoms with Crippen LogP contribution in [0.4, 0.5) is 0 Å². The van der Waals surface area contributed by atoms with Crippen LogP contribution >= 0.6 is 0 Å². The molecule has 2 aliphatic rings. The highest BCUT2D eigenvalue weighted by Crippen LogP contribution is 2.34. The summed E-state index contributed by atoms with van der Waals surface area (Å²) < 4.78 is 0. The molecule has 2 rings (SSSR count). The molecule has 2 atom stereocenters. The Bertz CT molecular complexity index is 232. The predicted molar refractivity (Wildman–Crippen MR) is 60.6 cm³/mol. The van der Waals surface area contributed by atoms with E-state index in [4.69, 9.17) is 0 Å². The number of carbonyl (C=O) groups excluding carboxylic acids is 1. The maximum Gasteiger partial charge on any atom is 0.239 e. The Balaban J connectivity index is 1.87. The molecule has 3 heteroatoms. The first-order valence-corrected chi connectivity index (χ1v) is 6.20. The third-order valence-electron chi connectivity index (χ3n) is 3.87. The minimum Gasteiger partial charge on any atom is -0.341 e. The molecule has 2 fully saturated rings. The average molecular weight is 210 g/mol. The van der Waals surface area contributed by atoms with Gasteiger partial charge in [-0.3, -0.25) is 4.79 Å². The number of nitrogens with one attached hydrogen (secondary N) is 1. The fourth-order valence-electron chi connectivity index (χ4n) is 2.40. The fourth-order valence-corrected chi connectivity index (χ4v) is 2.40. The summed E-state index contributed by atoms with van der Waals surface area (Å²) in [4.78, 5) is 14.1. The average Bonchev–Trinajstić information content (AvgIpc) is 3.11. The first-order valence-electron chi connectivity index (χ1n) is 6.20. The lowest BCUT2D eigenvalue weighted by molar-refractivity contribution is -0.134. The van der Waals surface area contributed by atoms with Crippen LogP contribution < -0.4 is 5.32 Å². The van der Waals surface area contributed by atoms with Crippen LogP contribution in [0.2, 0.25) is 0 Å². The largest absolute Gasteiger partial charge is 0.341 e. The summed E-state index contributed by atoms with van der Waals surface area (Å²) in [6.45, 7) is 3.18. The van der Waals surface area contributed by atoms with E-state index in [9.17, 15) is 4.79 Å². The molecule has 1 unspecified atom stereocenters. The molecule has 1 heterocycles. The van der Waals surface area contributed by atoms with Gasteiger partial charge in [0.05, 0.1) is 6.04 Å². The minimum absolute atomic E-state index is 0.0879. The maximum absolute atomic E-state index is 12.1. The lowest BCUT2D eigenvalue weighted by Gasteiger charge is -2.31. The zero-order valence-electron chi connectivity index (χ0n) is 9.83. The van der Waals surface area contributed by atoms with Crippen molar-refractivity contribution in [2.75, 3.05) is 13.6 Å². The highest BCUT2D eigenvalue weighted by Gasteiger charge is 2.34. The van der Waals surface area contributed by atoms with Gasteiger partial charge in [0.1, 0.15) is 0 Å². The molecule has 0 spiro atoms. The Morgan fingerprint density at radius 3 is 2.60 bits per heavy atom. The van der Waals surface area contributed by atoms with Crippen molar-refractivity contribution in [2.24, 2.45) is 5.92 Å². The Hall–Kier alpha value is -0.570. The summed E-state index contributed by atoms with van der Waals surface area (Å²) in [6.07, 6.45) is 6.02. The molecule has 1 N–H and O–H groups in total. The lowest BCUT2D eigenvalue weighted by atomic mass is 10.0. The smallest absolute Gasteiger partial charge is 0.239 e. The van der Waals surface area contributed by atoms with E-state index in [0.29, 0.717) is 11.9 Å². The molecule has 1 saturated heterocycles. The monoisotopic (exact) mass is 210 g/mol. The summed E-state index contributed by atoms with van der Waals surface area (Å²) in [5.74, 6) is 1.07. The van der Waals surface area contributed by atoms with Crippen molar-refractivity contribution in [3.63, 3.8) is 0 Å². The van der Waals surface area contributed by atoms with E-state index in [1.54, 1.807) is 0 Å². The zero-order valence-corrected chi connectivity index (χ0v) is 9.83. The second-order valence-corrected chi connectivity index (χ2v) is 5.03. The molecule has 1 aliphatic carbocycles. The molecule has 3 nitrogen and oxygen atoms in total. The van der Waals surface area contributed by atoms with Gasteiger partial charge in [0.15, 0.2) is 0 Å².